The predicted molar refractivity (Wildman–Crippen MR) is 129 cm³/mol. The van der Waals surface area contributed by atoms with Crippen molar-refractivity contribution in [1.82, 2.24) is 4.57 Å². The van der Waals surface area contributed by atoms with E-state index in [1.165, 1.54) is 0 Å². The average Bonchev–Trinajstić information content (AvgIpc) is 3.22. The zero-order valence-electron chi connectivity index (χ0n) is 17.6. The Hall–Kier alpha value is -3.68. The highest BCUT2D eigenvalue weighted by atomic mass is 32.2. The smallest absolute Gasteiger partial charge is 0.238 e. The van der Waals surface area contributed by atoms with Crippen molar-refractivity contribution in [3.05, 3.63) is 102 Å². The third kappa shape index (κ3) is 4.80. The number of rotatable bonds is 6. The summed E-state index contributed by atoms with van der Waals surface area (Å²) >= 11 is 0. The van der Waals surface area contributed by atoms with Crippen LogP contribution in [0.5, 0.6) is 0 Å². The fraction of sp³-hybridized carbons (Fsp3) is 0.0800. The first-order valence-corrected chi connectivity index (χ1v) is 11.6. The summed E-state index contributed by atoms with van der Waals surface area (Å²) in [6.07, 6.45) is 5.75. The van der Waals surface area contributed by atoms with Crippen LogP contribution in [0.4, 0.5) is 0 Å². The van der Waals surface area contributed by atoms with E-state index < -0.39 is 10.0 Å². The predicted octanol–water partition coefficient (Wildman–Crippen LogP) is 4.12. The minimum Gasteiger partial charge on any atom is -0.349 e. The van der Waals surface area contributed by atoms with Crippen molar-refractivity contribution in [2.45, 2.75) is 18.4 Å². The van der Waals surface area contributed by atoms with Gasteiger partial charge in [0.05, 0.1) is 11.1 Å². The number of hydrogen-bond donors (Lipinski definition) is 2. The van der Waals surface area contributed by atoms with Crippen LogP contribution >= 0.6 is 0 Å². The second-order valence-corrected chi connectivity index (χ2v) is 9.25. The maximum atomic E-state index is 12.0. The summed E-state index contributed by atoms with van der Waals surface area (Å²) in [7, 11) is -3.81. The molecule has 4 aromatic rings. The number of nitrogens with zero attached hydrogens (tertiary/aromatic N) is 2. The van der Waals surface area contributed by atoms with E-state index in [1.807, 2.05) is 55.6 Å². The van der Waals surface area contributed by atoms with Crippen molar-refractivity contribution in [3.8, 4) is 22.3 Å². The lowest BCUT2D eigenvalue weighted by molar-refractivity contribution is 0.598. The lowest BCUT2D eigenvalue weighted by Gasteiger charge is -2.10. The zero-order chi connectivity index (χ0) is 22.7. The molecule has 0 unspecified atom stereocenters. The lowest BCUT2D eigenvalue weighted by Crippen LogP contribution is -2.13. The molecule has 1 heterocycles. The van der Waals surface area contributed by atoms with Crippen LogP contribution in [0.1, 0.15) is 16.7 Å². The summed E-state index contributed by atoms with van der Waals surface area (Å²) in [5.74, 6) is 5.24. The summed E-state index contributed by atoms with van der Waals surface area (Å²) in [6.45, 7) is 2.65. The van der Waals surface area contributed by atoms with E-state index in [0.717, 1.165) is 39.9 Å². The third-order valence-corrected chi connectivity index (χ3v) is 6.23. The lowest BCUT2D eigenvalue weighted by atomic mass is 10.0. The topological polar surface area (TPSA) is 103 Å². The van der Waals surface area contributed by atoms with E-state index in [-0.39, 0.29) is 4.90 Å². The molecule has 4 N–H and O–H groups in total. The van der Waals surface area contributed by atoms with Gasteiger partial charge in [-0.1, -0.05) is 60.2 Å². The Morgan fingerprint density at radius 1 is 0.938 bits per heavy atom. The van der Waals surface area contributed by atoms with Gasteiger partial charge in [0.15, 0.2) is 0 Å². The fourth-order valence-electron chi connectivity index (χ4n) is 3.74. The SMILES string of the molecule is Cc1ccc(S(N)(=O)=O)c(-c2ccc(-c3ccn(Cc4cccc(/C=N\N)c4)c3)cc2)c1. The van der Waals surface area contributed by atoms with Gasteiger partial charge in [0.2, 0.25) is 10.0 Å². The highest BCUT2D eigenvalue weighted by molar-refractivity contribution is 7.89. The van der Waals surface area contributed by atoms with Gasteiger partial charge in [-0.2, -0.15) is 5.10 Å². The second kappa shape index (κ2) is 8.82. The van der Waals surface area contributed by atoms with Gasteiger partial charge >= 0.3 is 0 Å². The van der Waals surface area contributed by atoms with Crippen LogP contribution in [0, 0.1) is 6.92 Å². The molecule has 0 aliphatic rings. The van der Waals surface area contributed by atoms with Crippen LogP contribution in [-0.4, -0.2) is 19.2 Å². The van der Waals surface area contributed by atoms with Crippen molar-refractivity contribution >= 4 is 16.2 Å². The Bertz CT molecular complexity index is 1390. The van der Waals surface area contributed by atoms with Gasteiger partial charge in [0.1, 0.15) is 0 Å². The molecule has 0 atom stereocenters. The number of primary sulfonamides is 1. The van der Waals surface area contributed by atoms with E-state index in [0.29, 0.717) is 5.56 Å². The van der Waals surface area contributed by atoms with Crippen molar-refractivity contribution in [1.29, 1.82) is 0 Å². The Morgan fingerprint density at radius 3 is 2.41 bits per heavy atom. The molecule has 1 aromatic heterocycles. The molecule has 0 bridgehead atoms. The van der Waals surface area contributed by atoms with Gasteiger partial charge in [-0.25, -0.2) is 13.6 Å². The summed E-state index contributed by atoms with van der Waals surface area (Å²) < 4.78 is 26.1. The molecule has 0 saturated heterocycles. The minimum absolute atomic E-state index is 0.129. The summed E-state index contributed by atoms with van der Waals surface area (Å²) in [6, 6.07) is 23.1. The van der Waals surface area contributed by atoms with Crippen molar-refractivity contribution < 1.29 is 8.42 Å². The van der Waals surface area contributed by atoms with Gasteiger partial charge in [-0.15, -0.1) is 0 Å². The molecule has 4 rings (SSSR count). The maximum absolute atomic E-state index is 12.0. The van der Waals surface area contributed by atoms with Crippen LogP contribution in [0.2, 0.25) is 0 Å². The molecule has 0 radical (unpaired) electrons. The van der Waals surface area contributed by atoms with E-state index in [1.54, 1.807) is 18.3 Å². The first kappa shape index (κ1) is 21.5. The van der Waals surface area contributed by atoms with Gasteiger partial charge in [-0.3, -0.25) is 0 Å². The Kier molecular flexibility index (Phi) is 5.94. The zero-order valence-corrected chi connectivity index (χ0v) is 18.5. The number of aromatic nitrogens is 1. The molecule has 162 valence electrons. The molecule has 0 aliphatic carbocycles. The maximum Gasteiger partial charge on any atom is 0.238 e. The number of hydrogen-bond acceptors (Lipinski definition) is 4. The molecular weight excluding hydrogens is 420 g/mol. The number of hydrazone groups is 1. The van der Waals surface area contributed by atoms with E-state index in [4.69, 9.17) is 11.0 Å². The Labute approximate surface area is 187 Å². The Balaban J connectivity index is 1.58. The molecular formula is C25H24N4O2S. The standard InChI is InChI=1S/C25H24N4O2S/c1-18-5-10-25(32(27,30)31)24(13-18)22-8-6-21(7-9-22)23-11-12-29(17-23)16-20-4-2-3-19(14-20)15-28-26/h2-15,17H,16,26H2,1H3,(H2,27,30,31)/b28-15-. The number of aryl methyl sites for hydroxylation is 1. The molecule has 0 aliphatic heterocycles. The van der Waals surface area contributed by atoms with Gasteiger partial charge in [0, 0.05) is 24.5 Å². The summed E-state index contributed by atoms with van der Waals surface area (Å²) in [5.41, 5.74) is 6.61. The van der Waals surface area contributed by atoms with Crippen LogP contribution in [0.25, 0.3) is 22.3 Å². The monoisotopic (exact) mass is 444 g/mol. The number of benzene rings is 3. The van der Waals surface area contributed by atoms with Gasteiger partial charge in [0.25, 0.3) is 0 Å². The molecule has 3 aromatic carbocycles. The normalized spacial score (nSPS) is 11.8. The van der Waals surface area contributed by atoms with Crippen molar-refractivity contribution in [2.75, 3.05) is 0 Å². The van der Waals surface area contributed by atoms with Crippen molar-refractivity contribution in [2.24, 2.45) is 16.1 Å². The minimum atomic E-state index is -3.81. The van der Waals surface area contributed by atoms with Crippen LogP contribution in [-0.2, 0) is 16.6 Å². The van der Waals surface area contributed by atoms with Crippen LogP contribution in [0.3, 0.4) is 0 Å². The van der Waals surface area contributed by atoms with Crippen LogP contribution in [0.15, 0.2) is 95.2 Å². The molecule has 0 amide bonds. The molecule has 0 saturated carbocycles. The van der Waals surface area contributed by atoms with Crippen LogP contribution < -0.4 is 11.0 Å². The number of sulfonamides is 1. The highest BCUT2D eigenvalue weighted by Crippen LogP contribution is 2.30. The van der Waals surface area contributed by atoms with E-state index in [2.05, 4.69) is 34.1 Å². The second-order valence-electron chi connectivity index (χ2n) is 7.72. The van der Waals surface area contributed by atoms with Gasteiger partial charge in [-0.05, 0) is 52.9 Å². The molecule has 6 nitrogen and oxygen atoms in total. The van der Waals surface area contributed by atoms with E-state index in [9.17, 15) is 8.42 Å². The quantitative estimate of drug-likeness (QED) is 0.266. The molecule has 0 spiro atoms. The highest BCUT2D eigenvalue weighted by Gasteiger charge is 2.15. The largest absolute Gasteiger partial charge is 0.349 e. The molecule has 32 heavy (non-hydrogen) atoms. The first-order chi connectivity index (χ1) is 15.3. The Morgan fingerprint density at radius 2 is 1.69 bits per heavy atom. The van der Waals surface area contributed by atoms with Crippen molar-refractivity contribution in [3.63, 3.8) is 0 Å². The van der Waals surface area contributed by atoms with E-state index >= 15 is 0 Å². The molecule has 7 heteroatoms. The molecule has 0 fully saturated rings. The fourth-order valence-corrected chi connectivity index (χ4v) is 4.48. The number of nitrogens with two attached hydrogens (primary N) is 2. The third-order valence-electron chi connectivity index (χ3n) is 5.26. The van der Waals surface area contributed by atoms with Gasteiger partial charge < -0.3 is 10.4 Å². The summed E-state index contributed by atoms with van der Waals surface area (Å²) in [4.78, 5) is 0.129. The summed E-state index contributed by atoms with van der Waals surface area (Å²) in [5, 5.41) is 8.99. The first-order valence-electron chi connectivity index (χ1n) is 10.1. The average molecular weight is 445 g/mol.